The van der Waals surface area contributed by atoms with Crippen molar-refractivity contribution in [3.05, 3.63) is 64.2 Å². The Bertz CT molecular complexity index is 1220. The van der Waals surface area contributed by atoms with E-state index < -0.39 is 11.5 Å². The maximum atomic E-state index is 12.1. The number of aromatic nitrogens is 3. The standard InChI is InChI=1S/C24H26N6O2/c1-2-30-13-9-18(10-14-30)28-22-16-27-20-8-7-17(15-21(20)29-22)5-3-11-25-23(31)19-6-4-12-26-24(19)32/h4,6-8,12,15-16,18H,2,9-11,13-14H2,1H3,(H,25,31)(H,26,32)(H,28,29). The summed E-state index contributed by atoms with van der Waals surface area (Å²) in [5, 5.41) is 6.15. The average molecular weight is 431 g/mol. The summed E-state index contributed by atoms with van der Waals surface area (Å²) in [6, 6.07) is 9.15. The van der Waals surface area contributed by atoms with Gasteiger partial charge >= 0.3 is 0 Å². The predicted molar refractivity (Wildman–Crippen MR) is 125 cm³/mol. The Kier molecular flexibility index (Phi) is 6.78. The summed E-state index contributed by atoms with van der Waals surface area (Å²) < 4.78 is 0. The van der Waals surface area contributed by atoms with Gasteiger partial charge in [0.05, 0.1) is 23.8 Å². The number of nitrogens with zero attached hydrogens (tertiary/aromatic N) is 3. The number of fused-ring (bicyclic) bond motifs is 1. The van der Waals surface area contributed by atoms with E-state index in [1.54, 1.807) is 12.3 Å². The van der Waals surface area contributed by atoms with Gasteiger partial charge in [0.15, 0.2) is 0 Å². The molecule has 1 fully saturated rings. The van der Waals surface area contributed by atoms with E-state index >= 15 is 0 Å². The zero-order valence-electron chi connectivity index (χ0n) is 18.0. The minimum atomic E-state index is -0.453. The lowest BCUT2D eigenvalue weighted by atomic mass is 10.1. The summed E-state index contributed by atoms with van der Waals surface area (Å²) in [5.41, 5.74) is 2.00. The highest BCUT2D eigenvalue weighted by Crippen LogP contribution is 2.18. The summed E-state index contributed by atoms with van der Waals surface area (Å²) >= 11 is 0. The van der Waals surface area contributed by atoms with Crippen molar-refractivity contribution < 1.29 is 4.79 Å². The van der Waals surface area contributed by atoms with Crippen LogP contribution in [0.1, 0.15) is 35.7 Å². The summed E-state index contributed by atoms with van der Waals surface area (Å²) in [6.07, 6.45) is 5.46. The molecule has 164 valence electrons. The first-order chi connectivity index (χ1) is 15.6. The maximum absolute atomic E-state index is 12.1. The first-order valence-corrected chi connectivity index (χ1v) is 10.8. The van der Waals surface area contributed by atoms with E-state index in [1.165, 1.54) is 12.3 Å². The van der Waals surface area contributed by atoms with Gasteiger partial charge in [0.1, 0.15) is 11.4 Å². The molecule has 0 spiro atoms. The van der Waals surface area contributed by atoms with Crippen LogP contribution in [0.15, 0.2) is 47.5 Å². The van der Waals surface area contributed by atoms with Gasteiger partial charge in [0.2, 0.25) is 0 Å². The summed E-state index contributed by atoms with van der Waals surface area (Å²) in [6.45, 7) is 5.63. The molecule has 0 saturated carbocycles. The molecule has 1 aliphatic heterocycles. The number of amides is 1. The molecule has 8 heteroatoms. The van der Waals surface area contributed by atoms with E-state index in [1.807, 2.05) is 18.2 Å². The third-order valence-corrected chi connectivity index (χ3v) is 5.56. The van der Waals surface area contributed by atoms with E-state index in [-0.39, 0.29) is 12.1 Å². The van der Waals surface area contributed by atoms with Crippen LogP contribution < -0.4 is 16.2 Å². The van der Waals surface area contributed by atoms with Crippen molar-refractivity contribution in [2.45, 2.75) is 25.8 Å². The highest BCUT2D eigenvalue weighted by atomic mass is 16.2. The van der Waals surface area contributed by atoms with Crippen molar-refractivity contribution >= 4 is 22.8 Å². The first-order valence-electron chi connectivity index (χ1n) is 10.8. The van der Waals surface area contributed by atoms with Crippen molar-refractivity contribution in [3.63, 3.8) is 0 Å². The van der Waals surface area contributed by atoms with E-state index in [4.69, 9.17) is 4.98 Å². The monoisotopic (exact) mass is 430 g/mol. The molecule has 0 radical (unpaired) electrons. The zero-order chi connectivity index (χ0) is 22.3. The molecule has 0 unspecified atom stereocenters. The van der Waals surface area contributed by atoms with Crippen LogP contribution in [-0.4, -0.2) is 58.0 Å². The van der Waals surface area contributed by atoms with E-state index in [9.17, 15) is 9.59 Å². The number of nitrogens with one attached hydrogen (secondary N) is 3. The van der Waals surface area contributed by atoms with Gasteiger partial charge in [-0.2, -0.15) is 0 Å². The number of carbonyl (C=O) groups excluding carboxylic acids is 1. The van der Waals surface area contributed by atoms with Crippen molar-refractivity contribution in [1.82, 2.24) is 25.2 Å². The Morgan fingerprint density at radius 2 is 2.09 bits per heavy atom. The second-order valence-corrected chi connectivity index (χ2v) is 7.71. The number of piperidine rings is 1. The van der Waals surface area contributed by atoms with Crippen LogP contribution in [0.25, 0.3) is 11.0 Å². The second-order valence-electron chi connectivity index (χ2n) is 7.71. The fraction of sp³-hybridized carbons (Fsp3) is 0.333. The highest BCUT2D eigenvalue weighted by Gasteiger charge is 2.18. The van der Waals surface area contributed by atoms with E-state index in [2.05, 4.69) is 44.3 Å². The maximum Gasteiger partial charge on any atom is 0.260 e. The van der Waals surface area contributed by atoms with Crippen LogP contribution in [0.4, 0.5) is 5.82 Å². The van der Waals surface area contributed by atoms with Crippen LogP contribution in [0.5, 0.6) is 0 Å². The minimum Gasteiger partial charge on any atom is -0.366 e. The number of likely N-dealkylation sites (tertiary alicyclic amines) is 1. The minimum absolute atomic E-state index is 0.0654. The number of carbonyl (C=O) groups is 1. The normalized spacial score (nSPS) is 14.5. The number of pyridine rings is 1. The number of benzene rings is 1. The molecule has 1 amide bonds. The molecule has 2 aromatic heterocycles. The average Bonchev–Trinajstić information content (AvgIpc) is 2.82. The molecule has 0 aliphatic carbocycles. The van der Waals surface area contributed by atoms with Crippen LogP contribution >= 0.6 is 0 Å². The summed E-state index contributed by atoms with van der Waals surface area (Å²) in [7, 11) is 0. The SMILES string of the molecule is CCN1CCC(Nc2cnc3ccc(C#CCNC(=O)c4ccc[nH]c4=O)cc3n2)CC1. The lowest BCUT2D eigenvalue weighted by Crippen LogP contribution is -2.39. The van der Waals surface area contributed by atoms with E-state index in [0.29, 0.717) is 6.04 Å². The summed E-state index contributed by atoms with van der Waals surface area (Å²) in [5.74, 6) is 6.26. The third kappa shape index (κ3) is 5.31. The lowest BCUT2D eigenvalue weighted by Gasteiger charge is -2.31. The lowest BCUT2D eigenvalue weighted by molar-refractivity contribution is 0.0957. The van der Waals surface area contributed by atoms with Crippen molar-refractivity contribution in [1.29, 1.82) is 0 Å². The van der Waals surface area contributed by atoms with Crippen LogP contribution in [0.2, 0.25) is 0 Å². The van der Waals surface area contributed by atoms with Gasteiger partial charge in [-0.3, -0.25) is 14.6 Å². The van der Waals surface area contributed by atoms with Crippen molar-refractivity contribution in [3.8, 4) is 11.8 Å². The number of hydrogen-bond acceptors (Lipinski definition) is 6. The van der Waals surface area contributed by atoms with Gasteiger partial charge in [-0.05, 0) is 49.7 Å². The number of anilines is 1. The van der Waals surface area contributed by atoms with Crippen LogP contribution in [0, 0.1) is 11.8 Å². The molecule has 4 rings (SSSR count). The molecule has 0 bridgehead atoms. The number of H-pyrrole nitrogens is 1. The Morgan fingerprint density at radius 3 is 2.88 bits per heavy atom. The second kappa shape index (κ2) is 10.1. The third-order valence-electron chi connectivity index (χ3n) is 5.56. The molecule has 1 aromatic carbocycles. The Hall–Kier alpha value is -3.70. The molecule has 0 atom stereocenters. The van der Waals surface area contributed by atoms with Gasteiger partial charge in [-0.15, -0.1) is 0 Å². The van der Waals surface area contributed by atoms with Gasteiger partial charge in [0.25, 0.3) is 11.5 Å². The molecular formula is C24H26N6O2. The van der Waals surface area contributed by atoms with Gasteiger partial charge in [-0.1, -0.05) is 18.8 Å². The molecule has 3 aromatic rings. The number of aromatic amines is 1. The largest absolute Gasteiger partial charge is 0.366 e. The van der Waals surface area contributed by atoms with Gasteiger partial charge < -0.3 is 20.5 Å². The fourth-order valence-corrected chi connectivity index (χ4v) is 3.73. The summed E-state index contributed by atoms with van der Waals surface area (Å²) in [4.78, 5) is 37.9. The Labute approximate surface area is 186 Å². The van der Waals surface area contributed by atoms with Crippen LogP contribution in [0.3, 0.4) is 0 Å². The molecule has 1 aliphatic rings. The molecule has 32 heavy (non-hydrogen) atoms. The number of rotatable bonds is 5. The first kappa shape index (κ1) is 21.5. The molecular weight excluding hydrogens is 404 g/mol. The number of hydrogen-bond donors (Lipinski definition) is 3. The smallest absolute Gasteiger partial charge is 0.260 e. The van der Waals surface area contributed by atoms with Crippen molar-refractivity contribution in [2.24, 2.45) is 0 Å². The van der Waals surface area contributed by atoms with Gasteiger partial charge in [-0.25, -0.2) is 4.98 Å². The fourth-order valence-electron chi connectivity index (χ4n) is 3.73. The highest BCUT2D eigenvalue weighted by molar-refractivity contribution is 5.93. The Morgan fingerprint density at radius 1 is 1.25 bits per heavy atom. The van der Waals surface area contributed by atoms with E-state index in [0.717, 1.165) is 54.9 Å². The molecule has 1 saturated heterocycles. The zero-order valence-corrected chi connectivity index (χ0v) is 18.0. The van der Waals surface area contributed by atoms with Gasteiger partial charge in [0, 0.05) is 30.9 Å². The molecule has 3 N–H and O–H groups in total. The quantitative estimate of drug-likeness (QED) is 0.535. The van der Waals surface area contributed by atoms with Crippen molar-refractivity contribution in [2.75, 3.05) is 31.5 Å². The molecule has 3 heterocycles. The molecule has 8 nitrogen and oxygen atoms in total. The topological polar surface area (TPSA) is 103 Å². The van der Waals surface area contributed by atoms with Crippen LogP contribution in [-0.2, 0) is 0 Å². The Balaban J connectivity index is 1.38. The predicted octanol–water partition coefficient (Wildman–Crippen LogP) is 2.00.